The zero-order valence-corrected chi connectivity index (χ0v) is 15.1. The molecular weight excluding hydrogens is 394 g/mol. The number of nitrogens with zero attached hydrogens (tertiary/aromatic N) is 2. The van der Waals surface area contributed by atoms with E-state index in [1.54, 1.807) is 37.5 Å². The average Bonchev–Trinajstić information content (AvgIpc) is 3.05. The molecule has 124 valence electrons. The summed E-state index contributed by atoms with van der Waals surface area (Å²) in [4.78, 5) is 28.8. The molecule has 0 radical (unpaired) electrons. The summed E-state index contributed by atoms with van der Waals surface area (Å²) in [6, 6.07) is 8.84. The van der Waals surface area contributed by atoms with E-state index in [0.29, 0.717) is 21.8 Å². The Labute approximate surface area is 150 Å². The van der Waals surface area contributed by atoms with Crippen LogP contribution in [0.5, 0.6) is 0 Å². The van der Waals surface area contributed by atoms with Crippen LogP contribution in [0.3, 0.4) is 0 Å². The number of carbonyl (C=O) groups excluding carboxylic acids is 1. The Balaban J connectivity index is 2.17. The van der Waals surface area contributed by atoms with E-state index in [0.717, 1.165) is 16.2 Å². The van der Waals surface area contributed by atoms with E-state index in [9.17, 15) is 9.59 Å². The van der Waals surface area contributed by atoms with E-state index < -0.39 is 11.2 Å². The molecule has 3 aromatic rings. The molecule has 0 unspecified atom stereocenters. The number of carbonyl (C=O) groups is 1. The molecule has 0 spiro atoms. The van der Waals surface area contributed by atoms with Crippen LogP contribution < -0.4 is 11.3 Å². The molecule has 0 fully saturated rings. The van der Waals surface area contributed by atoms with Crippen molar-refractivity contribution in [2.24, 2.45) is 5.73 Å². The predicted molar refractivity (Wildman–Crippen MR) is 96.0 cm³/mol. The highest BCUT2D eigenvalue weighted by Gasteiger charge is 2.18. The maximum atomic E-state index is 12.9. The van der Waals surface area contributed by atoms with Gasteiger partial charge in [0.1, 0.15) is 5.76 Å². The van der Waals surface area contributed by atoms with Gasteiger partial charge in [0.25, 0.3) is 5.56 Å². The maximum Gasteiger partial charge on any atom is 0.262 e. The zero-order valence-electron chi connectivity index (χ0n) is 12.7. The monoisotopic (exact) mass is 407 g/mol. The molecule has 8 heteroatoms. The van der Waals surface area contributed by atoms with Crippen molar-refractivity contribution in [3.8, 4) is 0 Å². The standard InChI is InChI=1S/C16H14BrN3O3S/c1-9(14(18)21)24-16-19-13-5-4-10(17)7-12(13)15(22)20(16)8-11-3-2-6-23-11/h2-7,9H,8H2,1H3,(H2,18,21)/t9-/m0/s1. The predicted octanol–water partition coefficient (Wildman–Crippen LogP) is 2.77. The van der Waals surface area contributed by atoms with Crippen LogP contribution in [-0.4, -0.2) is 20.7 Å². The fourth-order valence-electron chi connectivity index (χ4n) is 2.18. The zero-order chi connectivity index (χ0) is 17.3. The molecule has 1 aromatic carbocycles. The smallest absolute Gasteiger partial charge is 0.262 e. The first-order valence-electron chi connectivity index (χ1n) is 7.14. The topological polar surface area (TPSA) is 91.1 Å². The Morgan fingerprint density at radius 1 is 1.46 bits per heavy atom. The molecule has 0 aliphatic rings. The Kier molecular flexibility index (Phi) is 4.77. The summed E-state index contributed by atoms with van der Waals surface area (Å²) < 4.78 is 7.63. The molecule has 0 saturated carbocycles. The highest BCUT2D eigenvalue weighted by atomic mass is 79.9. The number of furan rings is 1. The summed E-state index contributed by atoms with van der Waals surface area (Å²) >= 11 is 4.53. The van der Waals surface area contributed by atoms with Crippen LogP contribution in [0.15, 0.2) is 55.4 Å². The molecule has 0 aliphatic heterocycles. The highest BCUT2D eigenvalue weighted by Crippen LogP contribution is 2.24. The number of hydrogen-bond donors (Lipinski definition) is 1. The number of fused-ring (bicyclic) bond motifs is 1. The van der Waals surface area contributed by atoms with Gasteiger partial charge in [0.05, 0.1) is 29.0 Å². The number of benzene rings is 1. The molecule has 0 aliphatic carbocycles. The summed E-state index contributed by atoms with van der Waals surface area (Å²) in [5.41, 5.74) is 5.71. The number of rotatable bonds is 5. The van der Waals surface area contributed by atoms with E-state index >= 15 is 0 Å². The summed E-state index contributed by atoms with van der Waals surface area (Å²) in [6.07, 6.45) is 1.55. The van der Waals surface area contributed by atoms with Crippen molar-refractivity contribution in [1.82, 2.24) is 9.55 Å². The number of nitrogens with two attached hydrogens (primary N) is 1. The van der Waals surface area contributed by atoms with Crippen molar-refractivity contribution < 1.29 is 9.21 Å². The summed E-state index contributed by atoms with van der Waals surface area (Å²) in [5.74, 6) is 0.163. The molecule has 2 aromatic heterocycles. The summed E-state index contributed by atoms with van der Waals surface area (Å²) in [5, 5.41) is 0.414. The van der Waals surface area contributed by atoms with E-state index in [4.69, 9.17) is 10.2 Å². The largest absolute Gasteiger partial charge is 0.467 e. The number of amides is 1. The van der Waals surface area contributed by atoms with Crippen LogP contribution in [0.2, 0.25) is 0 Å². The number of hydrogen-bond acceptors (Lipinski definition) is 5. The van der Waals surface area contributed by atoms with Crippen LogP contribution in [0.25, 0.3) is 10.9 Å². The van der Waals surface area contributed by atoms with Crippen LogP contribution in [0.1, 0.15) is 12.7 Å². The van der Waals surface area contributed by atoms with Gasteiger partial charge in [-0.1, -0.05) is 27.7 Å². The number of primary amides is 1. The van der Waals surface area contributed by atoms with Crippen LogP contribution in [0.4, 0.5) is 0 Å². The van der Waals surface area contributed by atoms with Crippen molar-refractivity contribution in [3.05, 3.63) is 57.2 Å². The van der Waals surface area contributed by atoms with Gasteiger partial charge in [-0.2, -0.15) is 0 Å². The minimum Gasteiger partial charge on any atom is -0.467 e. The second kappa shape index (κ2) is 6.82. The van der Waals surface area contributed by atoms with Gasteiger partial charge in [0.15, 0.2) is 5.16 Å². The molecule has 6 nitrogen and oxygen atoms in total. The lowest BCUT2D eigenvalue weighted by atomic mass is 10.2. The molecule has 0 saturated heterocycles. The van der Waals surface area contributed by atoms with Gasteiger partial charge < -0.3 is 10.2 Å². The molecule has 1 atom stereocenters. The van der Waals surface area contributed by atoms with E-state index in [1.807, 2.05) is 6.07 Å². The Bertz CT molecular complexity index is 953. The van der Waals surface area contributed by atoms with Crippen molar-refractivity contribution in [3.63, 3.8) is 0 Å². The van der Waals surface area contributed by atoms with Crippen molar-refractivity contribution in [1.29, 1.82) is 0 Å². The van der Waals surface area contributed by atoms with Gasteiger partial charge in [0, 0.05) is 4.47 Å². The molecule has 2 heterocycles. The number of thioether (sulfide) groups is 1. The Morgan fingerprint density at radius 2 is 2.25 bits per heavy atom. The van der Waals surface area contributed by atoms with Gasteiger partial charge in [-0.15, -0.1) is 0 Å². The van der Waals surface area contributed by atoms with Crippen molar-refractivity contribution in [2.75, 3.05) is 0 Å². The third-order valence-electron chi connectivity index (χ3n) is 3.46. The molecule has 24 heavy (non-hydrogen) atoms. The van der Waals surface area contributed by atoms with Crippen molar-refractivity contribution in [2.45, 2.75) is 23.9 Å². The fourth-order valence-corrected chi connectivity index (χ4v) is 3.40. The number of aromatic nitrogens is 2. The van der Waals surface area contributed by atoms with Gasteiger partial charge in [0.2, 0.25) is 5.91 Å². The normalized spacial score (nSPS) is 12.4. The lowest BCUT2D eigenvalue weighted by molar-refractivity contribution is -0.117. The lowest BCUT2D eigenvalue weighted by Crippen LogP contribution is -2.27. The molecule has 1 amide bonds. The van der Waals surface area contributed by atoms with Crippen molar-refractivity contribution >= 4 is 44.5 Å². The lowest BCUT2D eigenvalue weighted by Gasteiger charge is -2.14. The summed E-state index contributed by atoms with van der Waals surface area (Å²) in [6.45, 7) is 1.91. The number of halogens is 1. The summed E-state index contributed by atoms with van der Waals surface area (Å²) in [7, 11) is 0. The molecule has 3 rings (SSSR count). The fraction of sp³-hybridized carbons (Fsp3) is 0.188. The van der Waals surface area contributed by atoms with E-state index in [1.165, 1.54) is 4.57 Å². The van der Waals surface area contributed by atoms with Gasteiger partial charge >= 0.3 is 0 Å². The van der Waals surface area contributed by atoms with Gasteiger partial charge in [-0.05, 0) is 37.3 Å². The second-order valence-electron chi connectivity index (χ2n) is 5.19. The third kappa shape index (κ3) is 3.39. The van der Waals surface area contributed by atoms with E-state index in [2.05, 4.69) is 20.9 Å². The van der Waals surface area contributed by atoms with Crippen LogP contribution in [0, 0.1) is 0 Å². The van der Waals surface area contributed by atoms with Crippen LogP contribution >= 0.6 is 27.7 Å². The first-order valence-corrected chi connectivity index (χ1v) is 8.81. The minimum absolute atomic E-state index is 0.197. The quantitative estimate of drug-likeness (QED) is 0.518. The Morgan fingerprint density at radius 3 is 2.92 bits per heavy atom. The third-order valence-corrected chi connectivity index (χ3v) is 5.06. The average molecular weight is 408 g/mol. The first kappa shape index (κ1) is 16.8. The molecule has 0 bridgehead atoms. The molecular formula is C16H14BrN3O3S. The SMILES string of the molecule is C[C@H](Sc1nc2ccc(Br)cc2c(=O)n1Cc1ccco1)C(N)=O. The maximum absolute atomic E-state index is 12.9. The van der Waals surface area contributed by atoms with Gasteiger partial charge in [-0.25, -0.2) is 4.98 Å². The highest BCUT2D eigenvalue weighted by molar-refractivity contribution is 9.10. The molecule has 2 N–H and O–H groups in total. The minimum atomic E-state index is -0.507. The van der Waals surface area contributed by atoms with Gasteiger partial charge in [-0.3, -0.25) is 14.2 Å². The van der Waals surface area contributed by atoms with Crippen LogP contribution in [-0.2, 0) is 11.3 Å². The Hall–Kier alpha value is -2.06. The van der Waals surface area contributed by atoms with E-state index in [-0.39, 0.29) is 12.1 Å². The second-order valence-corrected chi connectivity index (χ2v) is 7.41. The first-order chi connectivity index (χ1) is 11.5.